The van der Waals surface area contributed by atoms with Crippen molar-refractivity contribution in [2.24, 2.45) is 5.73 Å². The number of methoxy groups -OCH3 is 1. The molecule has 0 aromatic heterocycles. The molecule has 0 saturated carbocycles. The smallest absolute Gasteiger partial charge is 0.262 e. The largest absolute Gasteiger partial charge is 0.493 e. The highest BCUT2D eigenvalue weighted by Crippen LogP contribution is 2.30. The SMILES string of the molecule is COc1cc(/C=C/C(=O)NNC(N)=S)ccc1OCc1c(F)cccc1Cl. The lowest BCUT2D eigenvalue weighted by Crippen LogP contribution is -2.43. The fourth-order valence-electron chi connectivity index (χ4n) is 2.06. The van der Waals surface area contributed by atoms with E-state index in [2.05, 4.69) is 23.1 Å². The van der Waals surface area contributed by atoms with Gasteiger partial charge in [-0.15, -0.1) is 0 Å². The maximum absolute atomic E-state index is 13.8. The van der Waals surface area contributed by atoms with Crippen LogP contribution in [0.5, 0.6) is 11.5 Å². The number of hydrogen-bond acceptors (Lipinski definition) is 4. The standard InChI is InChI=1S/C18H17ClFN3O3S/c1-25-16-9-11(6-8-17(24)22-23-18(21)27)5-7-15(16)26-10-12-13(19)3-2-4-14(12)20/h2-9H,10H2,1H3,(H,22,24)(H3,21,23,27)/b8-6+. The summed E-state index contributed by atoms with van der Waals surface area (Å²) in [5, 5.41) is 0.236. The van der Waals surface area contributed by atoms with E-state index in [0.717, 1.165) is 0 Å². The molecule has 9 heteroatoms. The van der Waals surface area contributed by atoms with Gasteiger partial charge >= 0.3 is 0 Å². The summed E-state index contributed by atoms with van der Waals surface area (Å²) < 4.78 is 24.7. The summed E-state index contributed by atoms with van der Waals surface area (Å²) in [6.07, 6.45) is 2.86. The highest BCUT2D eigenvalue weighted by Gasteiger charge is 2.10. The normalized spacial score (nSPS) is 10.5. The van der Waals surface area contributed by atoms with Crippen LogP contribution in [0, 0.1) is 5.82 Å². The molecule has 27 heavy (non-hydrogen) atoms. The molecular weight excluding hydrogens is 393 g/mol. The number of carbonyl (C=O) groups is 1. The molecule has 0 radical (unpaired) electrons. The molecule has 4 N–H and O–H groups in total. The Hall–Kier alpha value is -2.84. The van der Waals surface area contributed by atoms with Crippen LogP contribution in [0.3, 0.4) is 0 Å². The monoisotopic (exact) mass is 409 g/mol. The van der Waals surface area contributed by atoms with Crippen LogP contribution >= 0.6 is 23.8 Å². The first-order chi connectivity index (χ1) is 12.9. The number of benzene rings is 2. The molecule has 0 heterocycles. The Kier molecular flexibility index (Phi) is 7.39. The molecule has 0 aliphatic carbocycles. The fourth-order valence-corrected chi connectivity index (χ4v) is 2.33. The molecule has 0 atom stereocenters. The van der Waals surface area contributed by atoms with Crippen LogP contribution in [0.15, 0.2) is 42.5 Å². The van der Waals surface area contributed by atoms with Crippen molar-refractivity contribution in [3.8, 4) is 11.5 Å². The van der Waals surface area contributed by atoms with E-state index in [1.807, 2.05) is 0 Å². The van der Waals surface area contributed by atoms with E-state index in [0.29, 0.717) is 17.1 Å². The van der Waals surface area contributed by atoms with Crippen LogP contribution < -0.4 is 26.1 Å². The number of hydrogen-bond donors (Lipinski definition) is 3. The van der Waals surface area contributed by atoms with Gasteiger partial charge in [-0.25, -0.2) is 4.39 Å². The van der Waals surface area contributed by atoms with Crippen molar-refractivity contribution in [1.82, 2.24) is 10.9 Å². The van der Waals surface area contributed by atoms with Gasteiger partial charge < -0.3 is 15.2 Å². The third kappa shape index (κ3) is 6.12. The second-order valence-electron chi connectivity index (χ2n) is 5.21. The number of rotatable bonds is 6. The lowest BCUT2D eigenvalue weighted by molar-refractivity contribution is -0.116. The molecule has 0 spiro atoms. The zero-order valence-electron chi connectivity index (χ0n) is 14.3. The van der Waals surface area contributed by atoms with E-state index < -0.39 is 11.7 Å². The predicted molar refractivity (Wildman–Crippen MR) is 106 cm³/mol. The first-order valence-corrected chi connectivity index (χ1v) is 8.46. The van der Waals surface area contributed by atoms with Crippen molar-refractivity contribution >= 4 is 40.9 Å². The van der Waals surface area contributed by atoms with E-state index in [9.17, 15) is 9.18 Å². The molecule has 2 rings (SSSR count). The maximum atomic E-state index is 13.8. The quantitative estimate of drug-likeness (QED) is 0.386. The van der Waals surface area contributed by atoms with Crippen LogP contribution in [-0.4, -0.2) is 18.1 Å². The molecule has 6 nitrogen and oxygen atoms in total. The summed E-state index contributed by atoms with van der Waals surface area (Å²) in [6, 6.07) is 9.46. The van der Waals surface area contributed by atoms with E-state index >= 15 is 0 Å². The van der Waals surface area contributed by atoms with Gasteiger partial charge in [0.05, 0.1) is 12.1 Å². The summed E-state index contributed by atoms with van der Waals surface area (Å²) in [5.74, 6) is -0.0475. The Morgan fingerprint density at radius 2 is 2.07 bits per heavy atom. The van der Waals surface area contributed by atoms with Crippen molar-refractivity contribution in [2.75, 3.05) is 7.11 Å². The summed E-state index contributed by atoms with van der Waals surface area (Å²) in [4.78, 5) is 11.6. The van der Waals surface area contributed by atoms with Crippen LogP contribution in [0.4, 0.5) is 4.39 Å². The highest BCUT2D eigenvalue weighted by molar-refractivity contribution is 7.80. The van der Waals surface area contributed by atoms with E-state index in [1.165, 1.54) is 25.3 Å². The first kappa shape index (κ1) is 20.5. The maximum Gasteiger partial charge on any atom is 0.262 e. The van der Waals surface area contributed by atoms with Gasteiger partial charge in [0.1, 0.15) is 12.4 Å². The zero-order valence-corrected chi connectivity index (χ0v) is 15.9. The fraction of sp³-hybridized carbons (Fsp3) is 0.111. The van der Waals surface area contributed by atoms with Crippen molar-refractivity contribution in [3.05, 3.63) is 64.4 Å². The number of halogens is 2. The number of amides is 1. The molecule has 0 saturated heterocycles. The Labute approximate surface area is 166 Å². The average molecular weight is 410 g/mol. The molecule has 2 aromatic carbocycles. The summed E-state index contributed by atoms with van der Waals surface area (Å²) >= 11 is 10.6. The minimum absolute atomic E-state index is 0.0464. The van der Waals surface area contributed by atoms with Gasteiger partial charge in [-0.2, -0.15) is 0 Å². The molecule has 0 aliphatic heterocycles. The van der Waals surface area contributed by atoms with Gasteiger partial charge in [0.15, 0.2) is 16.6 Å². The number of ether oxygens (including phenoxy) is 2. The number of carbonyl (C=O) groups excluding carboxylic acids is 1. The van der Waals surface area contributed by atoms with Gasteiger partial charge in [0.25, 0.3) is 5.91 Å². The molecule has 0 unspecified atom stereocenters. The lowest BCUT2D eigenvalue weighted by atomic mass is 10.2. The summed E-state index contributed by atoms with van der Waals surface area (Å²) in [7, 11) is 1.48. The Balaban J connectivity index is 2.07. The number of hydrazine groups is 1. The van der Waals surface area contributed by atoms with Gasteiger partial charge in [-0.3, -0.25) is 15.6 Å². The minimum atomic E-state index is -0.447. The third-order valence-corrected chi connectivity index (χ3v) is 3.81. The van der Waals surface area contributed by atoms with Gasteiger partial charge in [-0.1, -0.05) is 23.7 Å². The summed E-state index contributed by atoms with van der Waals surface area (Å²) in [5.41, 5.74) is 10.8. The zero-order chi connectivity index (χ0) is 19.8. The molecular formula is C18H17ClFN3O3S. The first-order valence-electron chi connectivity index (χ1n) is 7.68. The van der Waals surface area contributed by atoms with Gasteiger partial charge in [0, 0.05) is 11.6 Å². The minimum Gasteiger partial charge on any atom is -0.493 e. The molecule has 0 fully saturated rings. The lowest BCUT2D eigenvalue weighted by Gasteiger charge is -2.12. The number of nitrogens with two attached hydrogens (primary N) is 1. The van der Waals surface area contributed by atoms with E-state index in [1.54, 1.807) is 30.3 Å². The number of thiocarbonyl (C=S) groups is 1. The van der Waals surface area contributed by atoms with E-state index in [4.69, 9.17) is 26.8 Å². The molecule has 1 amide bonds. The van der Waals surface area contributed by atoms with Crippen molar-refractivity contribution < 1.29 is 18.7 Å². The van der Waals surface area contributed by atoms with Crippen LogP contribution in [0.25, 0.3) is 6.08 Å². The van der Waals surface area contributed by atoms with E-state index in [-0.39, 0.29) is 22.3 Å². The predicted octanol–water partition coefficient (Wildman–Crippen LogP) is 2.94. The second-order valence-corrected chi connectivity index (χ2v) is 6.06. The van der Waals surface area contributed by atoms with Crippen LogP contribution in [0.2, 0.25) is 5.02 Å². The Morgan fingerprint density at radius 3 is 2.74 bits per heavy atom. The Morgan fingerprint density at radius 1 is 1.30 bits per heavy atom. The average Bonchev–Trinajstić information content (AvgIpc) is 2.64. The number of nitrogens with one attached hydrogen (secondary N) is 2. The third-order valence-electron chi connectivity index (χ3n) is 3.36. The van der Waals surface area contributed by atoms with Crippen LogP contribution in [0.1, 0.15) is 11.1 Å². The van der Waals surface area contributed by atoms with Crippen molar-refractivity contribution in [1.29, 1.82) is 0 Å². The molecule has 2 aromatic rings. The molecule has 0 aliphatic rings. The molecule has 0 bridgehead atoms. The van der Waals surface area contributed by atoms with Crippen LogP contribution in [-0.2, 0) is 11.4 Å². The topological polar surface area (TPSA) is 85.6 Å². The second kappa shape index (κ2) is 9.75. The highest BCUT2D eigenvalue weighted by atomic mass is 35.5. The van der Waals surface area contributed by atoms with Gasteiger partial charge in [-0.05, 0) is 48.1 Å². The van der Waals surface area contributed by atoms with Crippen molar-refractivity contribution in [3.63, 3.8) is 0 Å². The van der Waals surface area contributed by atoms with Crippen molar-refractivity contribution in [2.45, 2.75) is 6.61 Å². The Bertz CT molecular complexity index is 857. The van der Waals surface area contributed by atoms with Gasteiger partial charge in [0.2, 0.25) is 0 Å². The molecule has 142 valence electrons. The summed E-state index contributed by atoms with van der Waals surface area (Å²) in [6.45, 7) is -0.0515.